The highest BCUT2D eigenvalue weighted by molar-refractivity contribution is 6.34. The van der Waals surface area contributed by atoms with E-state index < -0.39 is 12.8 Å². The van der Waals surface area contributed by atoms with Gasteiger partial charge < -0.3 is 9.15 Å². The summed E-state index contributed by atoms with van der Waals surface area (Å²) in [5.74, 6) is 0.161. The van der Waals surface area contributed by atoms with E-state index in [0.29, 0.717) is 16.6 Å². The van der Waals surface area contributed by atoms with E-state index in [-0.39, 0.29) is 5.75 Å². The standard InChI is InChI=1S/C26H15F3O2/c27-26(28,29)14-30-20-11-5-10-18-17-8-3-4-9-19(17)24-22-16-7-2-1-6-15(16)12-13-21(22)31-25(24)23(18)20/h1-13H,14H2. The summed E-state index contributed by atoms with van der Waals surface area (Å²) in [6, 6.07) is 25.0. The van der Waals surface area contributed by atoms with Crippen molar-refractivity contribution in [3.63, 3.8) is 0 Å². The Balaban J connectivity index is 1.84. The molecule has 0 aliphatic heterocycles. The molecule has 0 aliphatic rings. The van der Waals surface area contributed by atoms with Crippen molar-refractivity contribution in [3.8, 4) is 5.75 Å². The molecule has 0 bridgehead atoms. The van der Waals surface area contributed by atoms with Crippen LogP contribution < -0.4 is 4.74 Å². The maximum atomic E-state index is 12.9. The number of alkyl halides is 3. The van der Waals surface area contributed by atoms with Gasteiger partial charge in [0, 0.05) is 10.8 Å². The van der Waals surface area contributed by atoms with Crippen LogP contribution in [0.15, 0.2) is 83.3 Å². The lowest BCUT2D eigenvalue weighted by atomic mass is 9.95. The van der Waals surface area contributed by atoms with Gasteiger partial charge in [-0.25, -0.2) is 0 Å². The summed E-state index contributed by atoms with van der Waals surface area (Å²) >= 11 is 0. The fourth-order valence-corrected chi connectivity index (χ4v) is 4.51. The van der Waals surface area contributed by atoms with Crippen LogP contribution in [0.5, 0.6) is 5.75 Å². The number of rotatable bonds is 2. The Morgan fingerprint density at radius 3 is 2.13 bits per heavy atom. The van der Waals surface area contributed by atoms with Gasteiger partial charge in [-0.1, -0.05) is 66.7 Å². The van der Waals surface area contributed by atoms with Crippen molar-refractivity contribution >= 4 is 54.3 Å². The molecule has 0 radical (unpaired) electrons. The average molecular weight is 416 g/mol. The molecule has 0 atom stereocenters. The van der Waals surface area contributed by atoms with Crippen LogP contribution >= 0.6 is 0 Å². The highest BCUT2D eigenvalue weighted by Gasteiger charge is 2.29. The molecule has 6 rings (SSSR count). The van der Waals surface area contributed by atoms with Crippen molar-refractivity contribution in [2.24, 2.45) is 0 Å². The maximum Gasteiger partial charge on any atom is 0.422 e. The summed E-state index contributed by atoms with van der Waals surface area (Å²) < 4.78 is 50.2. The number of furan rings is 1. The van der Waals surface area contributed by atoms with Crippen LogP contribution in [0.1, 0.15) is 0 Å². The zero-order chi connectivity index (χ0) is 21.2. The van der Waals surface area contributed by atoms with Gasteiger partial charge in [0.25, 0.3) is 0 Å². The predicted molar refractivity (Wildman–Crippen MR) is 118 cm³/mol. The molecule has 1 aromatic heterocycles. The van der Waals surface area contributed by atoms with Crippen LogP contribution in [0.4, 0.5) is 13.2 Å². The van der Waals surface area contributed by atoms with Crippen LogP contribution in [-0.4, -0.2) is 12.8 Å². The van der Waals surface area contributed by atoms with E-state index in [1.54, 1.807) is 12.1 Å². The number of halogens is 3. The van der Waals surface area contributed by atoms with E-state index in [1.165, 1.54) is 0 Å². The minimum absolute atomic E-state index is 0.161. The third-order valence-corrected chi connectivity index (χ3v) is 5.71. The van der Waals surface area contributed by atoms with Gasteiger partial charge in [0.2, 0.25) is 0 Å². The van der Waals surface area contributed by atoms with E-state index in [4.69, 9.17) is 9.15 Å². The number of fused-ring (bicyclic) bond motifs is 10. The van der Waals surface area contributed by atoms with E-state index in [2.05, 4.69) is 0 Å². The molecule has 0 aliphatic carbocycles. The summed E-state index contributed by atoms with van der Waals surface area (Å²) in [5.41, 5.74) is 1.23. The molecular formula is C26H15F3O2. The Kier molecular flexibility index (Phi) is 3.72. The molecule has 5 heteroatoms. The van der Waals surface area contributed by atoms with E-state index in [1.807, 2.05) is 66.7 Å². The molecule has 0 N–H and O–H groups in total. The fraction of sp³-hybridized carbons (Fsp3) is 0.0769. The Labute approximate surface area is 174 Å². The maximum absolute atomic E-state index is 12.9. The van der Waals surface area contributed by atoms with Crippen molar-refractivity contribution in [2.75, 3.05) is 6.61 Å². The lowest BCUT2D eigenvalue weighted by molar-refractivity contribution is -0.153. The fourth-order valence-electron chi connectivity index (χ4n) is 4.51. The van der Waals surface area contributed by atoms with Gasteiger partial charge in [-0.05, 0) is 39.1 Å². The first kappa shape index (κ1) is 18.1. The van der Waals surface area contributed by atoms with E-state index in [0.717, 1.165) is 37.7 Å². The zero-order valence-electron chi connectivity index (χ0n) is 16.2. The van der Waals surface area contributed by atoms with Crippen molar-refractivity contribution in [1.29, 1.82) is 0 Å². The minimum atomic E-state index is -4.43. The highest BCUT2D eigenvalue weighted by atomic mass is 19.4. The third-order valence-electron chi connectivity index (χ3n) is 5.71. The molecule has 0 saturated carbocycles. The van der Waals surface area contributed by atoms with Gasteiger partial charge in [0.15, 0.2) is 6.61 Å². The largest absolute Gasteiger partial charge is 0.483 e. The van der Waals surface area contributed by atoms with Gasteiger partial charge in [0.1, 0.15) is 16.9 Å². The molecule has 0 amide bonds. The van der Waals surface area contributed by atoms with Crippen LogP contribution in [-0.2, 0) is 0 Å². The quantitative estimate of drug-likeness (QED) is 0.267. The van der Waals surface area contributed by atoms with Gasteiger partial charge in [-0.15, -0.1) is 0 Å². The van der Waals surface area contributed by atoms with E-state index in [9.17, 15) is 13.2 Å². The summed E-state index contributed by atoms with van der Waals surface area (Å²) in [5, 5.41) is 7.24. The second kappa shape index (κ2) is 6.38. The lowest BCUT2D eigenvalue weighted by Gasteiger charge is -2.13. The smallest absolute Gasteiger partial charge is 0.422 e. The normalized spacial score (nSPS) is 12.5. The van der Waals surface area contributed by atoms with Crippen LogP contribution in [0.3, 0.4) is 0 Å². The molecule has 5 aromatic carbocycles. The second-order valence-electron chi connectivity index (χ2n) is 7.59. The summed E-state index contributed by atoms with van der Waals surface area (Å²) in [7, 11) is 0. The molecule has 6 aromatic rings. The molecule has 152 valence electrons. The molecule has 1 heterocycles. The first-order valence-electron chi connectivity index (χ1n) is 9.88. The average Bonchev–Trinajstić information content (AvgIpc) is 3.17. The zero-order valence-corrected chi connectivity index (χ0v) is 16.2. The summed E-state index contributed by atoms with van der Waals surface area (Å²) in [4.78, 5) is 0. The molecule has 0 spiro atoms. The van der Waals surface area contributed by atoms with Crippen LogP contribution in [0, 0.1) is 0 Å². The Hall–Kier alpha value is -3.73. The first-order valence-corrected chi connectivity index (χ1v) is 9.88. The molecule has 31 heavy (non-hydrogen) atoms. The summed E-state index contributed by atoms with van der Waals surface area (Å²) in [6.07, 6.45) is -4.43. The molecule has 0 saturated heterocycles. The van der Waals surface area contributed by atoms with Gasteiger partial charge in [0.05, 0.1) is 5.39 Å². The SMILES string of the molecule is FC(F)(F)COc1cccc2c3ccccc3c3c(oc4ccc5ccccc5c43)c12. The van der Waals surface area contributed by atoms with E-state index >= 15 is 0 Å². The lowest BCUT2D eigenvalue weighted by Crippen LogP contribution is -2.19. The third kappa shape index (κ3) is 2.73. The number of hydrogen-bond acceptors (Lipinski definition) is 2. The van der Waals surface area contributed by atoms with Crippen molar-refractivity contribution in [1.82, 2.24) is 0 Å². The highest BCUT2D eigenvalue weighted by Crippen LogP contribution is 2.45. The molecule has 0 unspecified atom stereocenters. The molecular weight excluding hydrogens is 401 g/mol. The minimum Gasteiger partial charge on any atom is -0.483 e. The predicted octanol–water partition coefficient (Wildman–Crippen LogP) is 7.99. The van der Waals surface area contributed by atoms with Crippen LogP contribution in [0.2, 0.25) is 0 Å². The van der Waals surface area contributed by atoms with Crippen molar-refractivity contribution < 1.29 is 22.3 Å². The molecule has 2 nitrogen and oxygen atoms in total. The Morgan fingerprint density at radius 1 is 0.645 bits per heavy atom. The topological polar surface area (TPSA) is 22.4 Å². The van der Waals surface area contributed by atoms with Crippen molar-refractivity contribution in [2.45, 2.75) is 6.18 Å². The van der Waals surface area contributed by atoms with Crippen molar-refractivity contribution in [3.05, 3.63) is 78.9 Å². The summed E-state index contributed by atoms with van der Waals surface area (Å²) in [6.45, 7) is -1.36. The van der Waals surface area contributed by atoms with Crippen LogP contribution in [0.25, 0.3) is 54.3 Å². The van der Waals surface area contributed by atoms with Gasteiger partial charge in [-0.3, -0.25) is 0 Å². The Morgan fingerprint density at radius 2 is 1.32 bits per heavy atom. The number of ether oxygens (including phenoxy) is 1. The van der Waals surface area contributed by atoms with Gasteiger partial charge >= 0.3 is 6.18 Å². The second-order valence-corrected chi connectivity index (χ2v) is 7.59. The number of benzene rings is 5. The Bertz CT molecular complexity index is 1630. The monoisotopic (exact) mass is 416 g/mol. The first-order chi connectivity index (χ1) is 15.0. The number of hydrogen-bond donors (Lipinski definition) is 0. The molecule has 0 fully saturated rings. The van der Waals surface area contributed by atoms with Gasteiger partial charge in [-0.2, -0.15) is 13.2 Å².